The van der Waals surface area contributed by atoms with Gasteiger partial charge < -0.3 is 19.7 Å². The number of nitrogens with one attached hydrogen (secondary N) is 1. The topological polar surface area (TPSA) is 101 Å². The van der Waals surface area contributed by atoms with E-state index >= 15 is 0 Å². The van der Waals surface area contributed by atoms with Crippen molar-refractivity contribution < 1.29 is 32.6 Å². The van der Waals surface area contributed by atoms with Crippen LogP contribution in [0.5, 0.6) is 5.75 Å². The molecule has 0 aliphatic carbocycles. The van der Waals surface area contributed by atoms with Gasteiger partial charge in [-0.05, 0) is 44.9 Å². The number of carbonyl (C=O) groups excluding carboxylic acids is 3. The van der Waals surface area contributed by atoms with Gasteiger partial charge >= 0.3 is 6.09 Å². The maximum absolute atomic E-state index is 13.8. The lowest BCUT2D eigenvalue weighted by atomic mass is 9.73. The summed E-state index contributed by atoms with van der Waals surface area (Å²) >= 11 is 0. The molecule has 2 heterocycles. The van der Waals surface area contributed by atoms with Crippen molar-refractivity contribution in [1.82, 2.24) is 15.2 Å². The maximum atomic E-state index is 13.8. The number of amides is 3. The molecule has 0 saturated carbocycles. The van der Waals surface area contributed by atoms with E-state index in [4.69, 9.17) is 9.47 Å². The largest absolute Gasteiger partial charge is 0.491 e. The van der Waals surface area contributed by atoms with Crippen LogP contribution in [0.1, 0.15) is 32.8 Å². The summed E-state index contributed by atoms with van der Waals surface area (Å²) in [4.78, 5) is 41.3. The number of ether oxygens (including phenoxy) is 2. The van der Waals surface area contributed by atoms with Gasteiger partial charge in [0.25, 0.3) is 5.91 Å². The van der Waals surface area contributed by atoms with Gasteiger partial charge in [-0.2, -0.15) is 5.10 Å². The Morgan fingerprint density at radius 2 is 1.85 bits per heavy atom. The van der Waals surface area contributed by atoms with Crippen molar-refractivity contribution in [2.24, 2.45) is 10.5 Å². The minimum absolute atomic E-state index is 0.0149. The van der Waals surface area contributed by atoms with Gasteiger partial charge in [-0.15, -0.1) is 0 Å². The third kappa shape index (κ3) is 6.35. The van der Waals surface area contributed by atoms with Crippen LogP contribution in [0.3, 0.4) is 0 Å². The zero-order valence-electron chi connectivity index (χ0n) is 22.4. The molecule has 2 aliphatic rings. The van der Waals surface area contributed by atoms with Gasteiger partial charge in [-0.3, -0.25) is 9.59 Å². The van der Waals surface area contributed by atoms with Crippen LogP contribution in [-0.2, 0) is 20.7 Å². The molecule has 3 amide bonds. The van der Waals surface area contributed by atoms with E-state index in [0.717, 1.165) is 17.7 Å². The number of rotatable bonds is 7. The number of hydrogen-bond donors (Lipinski definition) is 1. The third-order valence-corrected chi connectivity index (χ3v) is 6.56. The van der Waals surface area contributed by atoms with Crippen molar-refractivity contribution in [2.75, 3.05) is 26.7 Å². The molecule has 1 N–H and O–H groups in total. The summed E-state index contributed by atoms with van der Waals surface area (Å²) in [5.41, 5.74) is -0.234. The van der Waals surface area contributed by atoms with Gasteiger partial charge in [0, 0.05) is 32.6 Å². The third-order valence-electron chi connectivity index (χ3n) is 6.56. The fourth-order valence-electron chi connectivity index (χ4n) is 4.81. The predicted molar refractivity (Wildman–Crippen MR) is 139 cm³/mol. The molecule has 1 unspecified atom stereocenters. The first kappa shape index (κ1) is 28.0. The van der Waals surface area contributed by atoms with E-state index in [1.165, 1.54) is 16.0 Å². The molecule has 2 atom stereocenters. The number of fused-ring (bicyclic) bond motifs is 1. The van der Waals surface area contributed by atoms with Crippen LogP contribution in [0.4, 0.5) is 13.6 Å². The summed E-state index contributed by atoms with van der Waals surface area (Å²) in [5.74, 6) is -2.88. The number of hydrogen-bond acceptors (Lipinski definition) is 6. The molecule has 4 rings (SSSR count). The molecule has 0 radical (unpaired) electrons. The van der Waals surface area contributed by atoms with Crippen molar-refractivity contribution in [3.63, 3.8) is 0 Å². The summed E-state index contributed by atoms with van der Waals surface area (Å²) in [6.45, 7) is 5.00. The van der Waals surface area contributed by atoms with Crippen LogP contribution in [-0.4, -0.2) is 71.9 Å². The molecular formula is C28H32F2N4O5. The van der Waals surface area contributed by atoms with E-state index in [1.807, 2.05) is 30.3 Å². The highest BCUT2D eigenvalue weighted by molar-refractivity contribution is 6.13. The highest BCUT2D eigenvalue weighted by Gasteiger charge is 2.54. The number of piperidine rings is 1. The van der Waals surface area contributed by atoms with Crippen LogP contribution < -0.4 is 10.1 Å². The first-order chi connectivity index (χ1) is 18.4. The van der Waals surface area contributed by atoms with Gasteiger partial charge in [0.2, 0.25) is 5.91 Å². The molecule has 11 heteroatoms. The summed E-state index contributed by atoms with van der Waals surface area (Å²) < 4.78 is 37.9. The monoisotopic (exact) mass is 542 g/mol. The smallest absolute Gasteiger partial charge is 0.408 e. The molecule has 9 nitrogen and oxygen atoms in total. The van der Waals surface area contributed by atoms with E-state index in [2.05, 4.69) is 10.4 Å². The van der Waals surface area contributed by atoms with E-state index in [1.54, 1.807) is 27.8 Å². The summed E-state index contributed by atoms with van der Waals surface area (Å²) in [6, 6.07) is 11.2. The molecular weight excluding hydrogens is 510 g/mol. The Balaban J connectivity index is 1.57. The molecule has 0 bridgehead atoms. The highest BCUT2D eigenvalue weighted by Crippen LogP contribution is 2.38. The molecule has 0 aromatic heterocycles. The van der Waals surface area contributed by atoms with Crippen molar-refractivity contribution in [3.05, 3.63) is 65.7 Å². The Bertz CT molecular complexity index is 1280. The van der Waals surface area contributed by atoms with Crippen LogP contribution >= 0.6 is 0 Å². The van der Waals surface area contributed by atoms with Crippen LogP contribution in [0.15, 0.2) is 53.6 Å². The Labute approximate surface area is 225 Å². The van der Waals surface area contributed by atoms with E-state index in [0.29, 0.717) is 18.6 Å². The SMILES string of the molecule is CN1N=C2CCN(C(=O)C(COc3ccc(F)c(F)c3)NC(=O)OC(C)(C)C)C[C@@]2(Cc2ccccc2)C1=O. The zero-order chi connectivity index (χ0) is 28.4. The van der Waals surface area contributed by atoms with Crippen molar-refractivity contribution in [3.8, 4) is 5.75 Å². The Hall–Kier alpha value is -4.02. The number of halogens is 2. The van der Waals surface area contributed by atoms with Crippen molar-refractivity contribution >= 4 is 23.6 Å². The summed E-state index contributed by atoms with van der Waals surface area (Å²) in [5, 5.41) is 8.31. The van der Waals surface area contributed by atoms with Crippen LogP contribution in [0.2, 0.25) is 0 Å². The fraction of sp³-hybridized carbons (Fsp3) is 0.429. The lowest BCUT2D eigenvalue weighted by molar-refractivity contribution is -0.141. The molecule has 208 valence electrons. The summed E-state index contributed by atoms with van der Waals surface area (Å²) in [6.07, 6.45) is -0.114. The van der Waals surface area contributed by atoms with E-state index in [9.17, 15) is 23.2 Å². The van der Waals surface area contributed by atoms with E-state index < -0.39 is 40.7 Å². The second-order valence-corrected chi connectivity index (χ2v) is 10.7. The standard InChI is InChI=1S/C28H32F2N4O5/c1-27(2,3)39-26(37)31-22(16-38-19-10-11-20(29)21(30)14-19)24(35)34-13-12-23-28(17-34,25(36)33(4)32-23)15-18-8-6-5-7-9-18/h5-11,14,22H,12-13,15-17H2,1-4H3,(H,31,37)/t22?,28-/m1/s1. The molecule has 2 aromatic rings. The Kier molecular flexibility index (Phi) is 7.89. The van der Waals surface area contributed by atoms with Crippen molar-refractivity contribution in [1.29, 1.82) is 0 Å². The second-order valence-electron chi connectivity index (χ2n) is 10.7. The quantitative estimate of drug-likeness (QED) is 0.577. The normalized spacial score (nSPS) is 19.7. The number of nitrogens with zero attached hydrogens (tertiary/aromatic N) is 3. The molecule has 1 saturated heterocycles. The summed E-state index contributed by atoms with van der Waals surface area (Å²) in [7, 11) is 1.59. The predicted octanol–water partition coefficient (Wildman–Crippen LogP) is 3.53. The average Bonchev–Trinajstić information content (AvgIpc) is 3.11. The van der Waals surface area contributed by atoms with Crippen LogP contribution in [0.25, 0.3) is 0 Å². The molecule has 0 spiro atoms. The number of alkyl carbamates (subject to hydrolysis) is 1. The number of hydrazone groups is 1. The van der Waals surface area contributed by atoms with Gasteiger partial charge in [0.1, 0.15) is 29.4 Å². The van der Waals surface area contributed by atoms with E-state index in [-0.39, 0.29) is 31.4 Å². The first-order valence-electron chi connectivity index (χ1n) is 12.6. The molecule has 39 heavy (non-hydrogen) atoms. The molecule has 2 aromatic carbocycles. The highest BCUT2D eigenvalue weighted by atomic mass is 19.2. The minimum Gasteiger partial charge on any atom is -0.491 e. The van der Waals surface area contributed by atoms with Gasteiger partial charge in [-0.25, -0.2) is 18.6 Å². The number of benzene rings is 2. The number of likely N-dealkylation sites (tertiary alicyclic amines) is 1. The average molecular weight is 543 g/mol. The number of carbonyl (C=O) groups is 3. The first-order valence-corrected chi connectivity index (χ1v) is 12.6. The van der Waals surface area contributed by atoms with Gasteiger partial charge in [-0.1, -0.05) is 30.3 Å². The lowest BCUT2D eigenvalue weighted by Gasteiger charge is -2.40. The fourth-order valence-corrected chi connectivity index (χ4v) is 4.81. The zero-order valence-corrected chi connectivity index (χ0v) is 22.4. The maximum Gasteiger partial charge on any atom is 0.408 e. The lowest BCUT2D eigenvalue weighted by Crippen LogP contribution is -2.60. The Morgan fingerprint density at radius 3 is 2.51 bits per heavy atom. The van der Waals surface area contributed by atoms with Crippen molar-refractivity contribution in [2.45, 2.75) is 45.3 Å². The second kappa shape index (κ2) is 11.0. The van der Waals surface area contributed by atoms with Gasteiger partial charge in [0.15, 0.2) is 11.6 Å². The minimum atomic E-state index is -1.23. The Morgan fingerprint density at radius 1 is 1.13 bits per heavy atom. The molecule has 1 fully saturated rings. The van der Waals surface area contributed by atoms with Crippen LogP contribution in [0, 0.1) is 17.0 Å². The van der Waals surface area contributed by atoms with Gasteiger partial charge in [0.05, 0.1) is 5.71 Å². The molecule has 2 aliphatic heterocycles.